The molecule has 0 fully saturated rings. The summed E-state index contributed by atoms with van der Waals surface area (Å²) < 4.78 is 7.80. The van der Waals surface area contributed by atoms with Crippen LogP contribution in [0.3, 0.4) is 0 Å². The van der Waals surface area contributed by atoms with Gasteiger partial charge in [0.05, 0.1) is 24.1 Å². The van der Waals surface area contributed by atoms with E-state index in [0.717, 1.165) is 46.7 Å². The summed E-state index contributed by atoms with van der Waals surface area (Å²) in [6.07, 6.45) is 2.53. The Morgan fingerprint density at radius 2 is 2.16 bits per heavy atom. The van der Waals surface area contributed by atoms with Gasteiger partial charge in [0.15, 0.2) is 5.13 Å². The number of nitrogens with one attached hydrogen (secondary N) is 1. The molecule has 0 unspecified atom stereocenters. The van der Waals surface area contributed by atoms with Gasteiger partial charge in [-0.25, -0.2) is 4.98 Å². The standard InChI is InChI=1S/C22H26N6O2S/c1-5-27(18-8-9-23-26(18)4)14-6-7-17-16(12-14)28(10-11-30-17)21-24-15-13-22(2,3)25-20(29)19(15)31-21/h6-9,12H,5,10-11,13H2,1-4H3,(H,25,29). The lowest BCUT2D eigenvalue weighted by Crippen LogP contribution is -2.48. The van der Waals surface area contributed by atoms with Crippen molar-refractivity contribution in [3.63, 3.8) is 0 Å². The molecule has 0 bridgehead atoms. The van der Waals surface area contributed by atoms with Crippen molar-refractivity contribution in [2.45, 2.75) is 32.7 Å². The average molecular weight is 439 g/mol. The fourth-order valence-corrected chi connectivity index (χ4v) is 5.28. The number of carbonyl (C=O) groups excluding carboxylic acids is 1. The van der Waals surface area contributed by atoms with Gasteiger partial charge in [0.25, 0.3) is 5.91 Å². The van der Waals surface area contributed by atoms with E-state index in [2.05, 4.69) is 39.3 Å². The maximum atomic E-state index is 12.6. The fourth-order valence-electron chi connectivity index (χ4n) is 4.26. The maximum Gasteiger partial charge on any atom is 0.263 e. The van der Waals surface area contributed by atoms with Crippen molar-refractivity contribution in [3.8, 4) is 5.75 Å². The number of carbonyl (C=O) groups is 1. The molecule has 0 saturated heterocycles. The maximum absolute atomic E-state index is 12.6. The second kappa shape index (κ2) is 7.26. The first-order valence-electron chi connectivity index (χ1n) is 10.5. The molecule has 9 heteroatoms. The summed E-state index contributed by atoms with van der Waals surface area (Å²) in [6.45, 7) is 8.25. The molecule has 162 valence electrons. The van der Waals surface area contributed by atoms with E-state index in [1.165, 1.54) is 11.3 Å². The van der Waals surface area contributed by atoms with E-state index < -0.39 is 0 Å². The number of anilines is 4. The van der Waals surface area contributed by atoms with Crippen LogP contribution in [0.5, 0.6) is 5.75 Å². The van der Waals surface area contributed by atoms with Gasteiger partial charge in [-0.15, -0.1) is 0 Å². The Morgan fingerprint density at radius 3 is 2.90 bits per heavy atom. The summed E-state index contributed by atoms with van der Waals surface area (Å²) in [5, 5.41) is 8.22. The van der Waals surface area contributed by atoms with Crippen LogP contribution in [-0.2, 0) is 13.5 Å². The first-order valence-corrected chi connectivity index (χ1v) is 11.3. The molecule has 0 aliphatic carbocycles. The first kappa shape index (κ1) is 19.9. The molecule has 0 spiro atoms. The van der Waals surface area contributed by atoms with Crippen LogP contribution in [0.4, 0.5) is 22.3 Å². The number of hydrogen-bond donors (Lipinski definition) is 1. The molecule has 0 atom stereocenters. The summed E-state index contributed by atoms with van der Waals surface area (Å²) in [5.74, 6) is 1.81. The van der Waals surface area contributed by atoms with Gasteiger partial charge >= 0.3 is 0 Å². The summed E-state index contributed by atoms with van der Waals surface area (Å²) in [5.41, 5.74) is 2.62. The Hall–Kier alpha value is -3.07. The van der Waals surface area contributed by atoms with Gasteiger partial charge in [0, 0.05) is 37.3 Å². The van der Waals surface area contributed by atoms with Crippen LogP contribution < -0.4 is 19.9 Å². The summed E-state index contributed by atoms with van der Waals surface area (Å²) in [4.78, 5) is 22.6. The van der Waals surface area contributed by atoms with Gasteiger partial charge in [-0.2, -0.15) is 5.10 Å². The lowest BCUT2D eigenvalue weighted by Gasteiger charge is -2.31. The third-order valence-corrected chi connectivity index (χ3v) is 6.81. The lowest BCUT2D eigenvalue weighted by atomic mass is 9.94. The van der Waals surface area contributed by atoms with E-state index in [0.29, 0.717) is 18.0 Å². The highest BCUT2D eigenvalue weighted by molar-refractivity contribution is 7.17. The molecule has 2 aliphatic rings. The zero-order chi connectivity index (χ0) is 21.8. The minimum atomic E-state index is -0.282. The Bertz CT molecular complexity index is 1150. The number of amides is 1. The molecule has 0 saturated carbocycles. The van der Waals surface area contributed by atoms with Crippen LogP contribution in [0.25, 0.3) is 0 Å². The highest BCUT2D eigenvalue weighted by atomic mass is 32.1. The molecule has 5 rings (SSSR count). The van der Waals surface area contributed by atoms with Crippen LogP contribution in [0.2, 0.25) is 0 Å². The van der Waals surface area contributed by atoms with Crippen molar-refractivity contribution in [1.82, 2.24) is 20.1 Å². The highest BCUT2D eigenvalue weighted by Gasteiger charge is 2.35. The van der Waals surface area contributed by atoms with Crippen LogP contribution in [0.1, 0.15) is 36.1 Å². The number of rotatable bonds is 4. The van der Waals surface area contributed by atoms with Gasteiger partial charge in [-0.05, 0) is 39.0 Å². The van der Waals surface area contributed by atoms with Gasteiger partial charge in [-0.3, -0.25) is 9.48 Å². The van der Waals surface area contributed by atoms with Gasteiger partial charge in [-0.1, -0.05) is 11.3 Å². The SMILES string of the molecule is CCN(c1ccc2c(c1)N(c1nc3c(s1)C(=O)NC(C)(C)C3)CCO2)c1ccnn1C. The highest BCUT2D eigenvalue weighted by Crippen LogP contribution is 2.43. The predicted molar refractivity (Wildman–Crippen MR) is 122 cm³/mol. The number of aromatic nitrogens is 3. The number of thiazole rings is 1. The first-order chi connectivity index (χ1) is 14.9. The third-order valence-electron chi connectivity index (χ3n) is 5.69. The van der Waals surface area contributed by atoms with Crippen molar-refractivity contribution in [3.05, 3.63) is 41.0 Å². The summed E-state index contributed by atoms with van der Waals surface area (Å²) in [6, 6.07) is 8.22. The van der Waals surface area contributed by atoms with Crippen molar-refractivity contribution < 1.29 is 9.53 Å². The largest absolute Gasteiger partial charge is 0.490 e. The van der Waals surface area contributed by atoms with E-state index >= 15 is 0 Å². The molecule has 4 heterocycles. The quantitative estimate of drug-likeness (QED) is 0.670. The van der Waals surface area contributed by atoms with Crippen LogP contribution in [0, 0.1) is 0 Å². The molecular formula is C22H26N6O2S. The monoisotopic (exact) mass is 438 g/mol. The van der Waals surface area contributed by atoms with E-state index in [1.807, 2.05) is 37.7 Å². The molecular weight excluding hydrogens is 412 g/mol. The summed E-state index contributed by atoms with van der Waals surface area (Å²) >= 11 is 1.45. The fraction of sp³-hybridized carbons (Fsp3) is 0.409. The zero-order valence-electron chi connectivity index (χ0n) is 18.2. The Kier molecular flexibility index (Phi) is 4.65. The van der Waals surface area contributed by atoms with Crippen molar-refractivity contribution >= 4 is 39.6 Å². The molecule has 3 aromatic rings. The van der Waals surface area contributed by atoms with Gasteiger partial charge in [0.2, 0.25) is 0 Å². The number of benzene rings is 1. The lowest BCUT2D eigenvalue weighted by molar-refractivity contribution is 0.0901. The van der Waals surface area contributed by atoms with E-state index in [9.17, 15) is 4.79 Å². The van der Waals surface area contributed by atoms with Crippen LogP contribution in [-0.4, -0.2) is 45.9 Å². The van der Waals surface area contributed by atoms with Crippen molar-refractivity contribution in [2.75, 3.05) is 29.5 Å². The molecule has 31 heavy (non-hydrogen) atoms. The Labute approximate surface area is 185 Å². The molecule has 8 nitrogen and oxygen atoms in total. The average Bonchev–Trinajstić information content (AvgIpc) is 3.34. The molecule has 1 amide bonds. The smallest absolute Gasteiger partial charge is 0.263 e. The molecule has 2 aromatic heterocycles. The Morgan fingerprint density at radius 1 is 1.32 bits per heavy atom. The Balaban J connectivity index is 1.54. The second-order valence-electron chi connectivity index (χ2n) is 8.50. The van der Waals surface area contributed by atoms with Gasteiger partial charge in [0.1, 0.15) is 23.1 Å². The number of fused-ring (bicyclic) bond motifs is 2. The van der Waals surface area contributed by atoms with E-state index in [4.69, 9.17) is 9.72 Å². The molecule has 0 radical (unpaired) electrons. The van der Waals surface area contributed by atoms with Crippen molar-refractivity contribution in [2.24, 2.45) is 7.05 Å². The molecule has 2 aliphatic heterocycles. The second-order valence-corrected chi connectivity index (χ2v) is 9.47. The number of aryl methyl sites for hydroxylation is 1. The van der Waals surface area contributed by atoms with Crippen LogP contribution in [0.15, 0.2) is 30.5 Å². The zero-order valence-corrected chi connectivity index (χ0v) is 19.0. The van der Waals surface area contributed by atoms with E-state index in [-0.39, 0.29) is 11.4 Å². The molecule has 1 N–H and O–H groups in total. The van der Waals surface area contributed by atoms with E-state index in [1.54, 1.807) is 6.20 Å². The number of nitrogens with zero attached hydrogens (tertiary/aromatic N) is 5. The minimum Gasteiger partial charge on any atom is -0.490 e. The third kappa shape index (κ3) is 3.42. The van der Waals surface area contributed by atoms with Gasteiger partial charge < -0.3 is 19.9 Å². The van der Waals surface area contributed by atoms with Crippen LogP contribution >= 0.6 is 11.3 Å². The van der Waals surface area contributed by atoms with Crippen molar-refractivity contribution in [1.29, 1.82) is 0 Å². The topological polar surface area (TPSA) is 75.5 Å². The number of hydrogen-bond acceptors (Lipinski definition) is 7. The predicted octanol–water partition coefficient (Wildman–Crippen LogP) is 3.63. The minimum absolute atomic E-state index is 0.0365. The molecule has 1 aromatic carbocycles. The summed E-state index contributed by atoms with van der Waals surface area (Å²) in [7, 11) is 1.94. The normalized spacial score (nSPS) is 16.9. The number of ether oxygens (including phenoxy) is 1.